The van der Waals surface area contributed by atoms with Gasteiger partial charge in [0.1, 0.15) is 12.4 Å². The molecule has 28 heavy (non-hydrogen) atoms. The van der Waals surface area contributed by atoms with Crippen LogP contribution in [0.3, 0.4) is 0 Å². The van der Waals surface area contributed by atoms with Crippen LogP contribution >= 0.6 is 27.3 Å². The first-order chi connectivity index (χ1) is 13.4. The summed E-state index contributed by atoms with van der Waals surface area (Å²) in [5.41, 5.74) is 2.60. The van der Waals surface area contributed by atoms with Crippen LogP contribution in [-0.4, -0.2) is 16.5 Å². The maximum atomic E-state index is 13.2. The first kappa shape index (κ1) is 19.1. The van der Waals surface area contributed by atoms with E-state index in [1.165, 1.54) is 22.3 Å². The van der Waals surface area contributed by atoms with Crippen molar-refractivity contribution in [1.82, 2.24) is 9.88 Å². The van der Waals surface area contributed by atoms with Crippen molar-refractivity contribution < 1.29 is 9.18 Å². The molecule has 2 atom stereocenters. The number of carbonyl (C=O) groups excluding carboxylic acids is 1. The van der Waals surface area contributed by atoms with Gasteiger partial charge in [0, 0.05) is 21.3 Å². The second-order valence-electron chi connectivity index (χ2n) is 6.93. The normalized spacial score (nSPS) is 18.1. The van der Waals surface area contributed by atoms with E-state index in [9.17, 15) is 14.0 Å². The fraction of sp³-hybridized carbons (Fsp3) is 0.238. The number of halogens is 2. The van der Waals surface area contributed by atoms with Gasteiger partial charge in [-0.25, -0.2) is 4.39 Å². The summed E-state index contributed by atoms with van der Waals surface area (Å²) < 4.78 is 15.7. The number of aromatic nitrogens is 1. The maximum absolute atomic E-state index is 13.2. The van der Waals surface area contributed by atoms with Crippen molar-refractivity contribution in [2.45, 2.75) is 31.8 Å². The van der Waals surface area contributed by atoms with Crippen LogP contribution in [0.4, 0.5) is 4.39 Å². The molecule has 7 heteroatoms. The highest BCUT2D eigenvalue weighted by molar-refractivity contribution is 9.10. The van der Waals surface area contributed by atoms with Gasteiger partial charge >= 0.3 is 4.87 Å². The van der Waals surface area contributed by atoms with Crippen LogP contribution in [-0.2, 0) is 11.3 Å². The SMILES string of the molecule is Cc1sc(=O)n(CC(=O)N[C@@H]2C[C@H]2c2ccc(Br)cc2)c1-c1ccc(F)cc1. The van der Waals surface area contributed by atoms with Crippen molar-refractivity contribution in [3.63, 3.8) is 0 Å². The Kier molecular flexibility index (Phi) is 5.21. The third-order valence-electron chi connectivity index (χ3n) is 4.92. The van der Waals surface area contributed by atoms with Crippen molar-refractivity contribution >= 4 is 33.2 Å². The second kappa shape index (κ2) is 7.64. The predicted molar refractivity (Wildman–Crippen MR) is 112 cm³/mol. The molecule has 2 aromatic carbocycles. The number of aryl methyl sites for hydroxylation is 1. The van der Waals surface area contributed by atoms with E-state index in [-0.39, 0.29) is 29.2 Å². The summed E-state index contributed by atoms with van der Waals surface area (Å²) in [5.74, 6) is -0.210. The van der Waals surface area contributed by atoms with Crippen LogP contribution in [0.5, 0.6) is 0 Å². The zero-order valence-electron chi connectivity index (χ0n) is 15.1. The Bertz CT molecular complexity index is 1070. The van der Waals surface area contributed by atoms with E-state index in [2.05, 4.69) is 33.4 Å². The minimum Gasteiger partial charge on any atom is -0.351 e. The fourth-order valence-electron chi connectivity index (χ4n) is 3.46. The number of benzene rings is 2. The molecule has 4 nitrogen and oxygen atoms in total. The predicted octanol–water partition coefficient (Wildman–Crippen LogP) is 4.46. The summed E-state index contributed by atoms with van der Waals surface area (Å²) in [6, 6.07) is 14.2. The summed E-state index contributed by atoms with van der Waals surface area (Å²) in [6.45, 7) is 1.79. The average molecular weight is 461 g/mol. The van der Waals surface area contributed by atoms with Gasteiger partial charge in [0.25, 0.3) is 0 Å². The zero-order valence-corrected chi connectivity index (χ0v) is 17.5. The number of thiazole rings is 1. The molecule has 1 aromatic heterocycles. The molecule has 0 unspecified atom stereocenters. The highest BCUT2D eigenvalue weighted by Gasteiger charge is 2.39. The molecule has 0 radical (unpaired) electrons. The van der Waals surface area contributed by atoms with Gasteiger partial charge in [-0.15, -0.1) is 0 Å². The monoisotopic (exact) mass is 460 g/mol. The lowest BCUT2D eigenvalue weighted by atomic mass is 10.1. The Morgan fingerprint density at radius 1 is 1.21 bits per heavy atom. The van der Waals surface area contributed by atoms with E-state index in [1.54, 1.807) is 12.1 Å². The van der Waals surface area contributed by atoms with E-state index in [0.717, 1.165) is 32.7 Å². The molecule has 1 fully saturated rings. The number of carbonyl (C=O) groups is 1. The maximum Gasteiger partial charge on any atom is 0.308 e. The molecule has 1 heterocycles. The topological polar surface area (TPSA) is 51.1 Å². The Morgan fingerprint density at radius 3 is 2.57 bits per heavy atom. The minimum absolute atomic E-state index is 0.0422. The van der Waals surface area contributed by atoms with Gasteiger partial charge in [-0.1, -0.05) is 39.4 Å². The quantitative estimate of drug-likeness (QED) is 0.610. The number of hydrogen-bond donors (Lipinski definition) is 1. The highest BCUT2D eigenvalue weighted by atomic mass is 79.9. The molecule has 1 aliphatic carbocycles. The van der Waals surface area contributed by atoms with E-state index < -0.39 is 0 Å². The lowest BCUT2D eigenvalue weighted by Gasteiger charge is -2.10. The molecular weight excluding hydrogens is 443 g/mol. The Morgan fingerprint density at radius 2 is 1.89 bits per heavy atom. The second-order valence-corrected chi connectivity index (χ2v) is 9.01. The van der Waals surface area contributed by atoms with Crippen LogP contribution in [0.15, 0.2) is 57.8 Å². The number of nitrogens with zero attached hydrogens (tertiary/aromatic N) is 1. The van der Waals surface area contributed by atoms with E-state index >= 15 is 0 Å². The molecule has 1 aliphatic rings. The minimum atomic E-state index is -0.337. The first-order valence-corrected chi connectivity index (χ1v) is 10.5. The number of rotatable bonds is 5. The molecule has 0 bridgehead atoms. The van der Waals surface area contributed by atoms with E-state index in [4.69, 9.17) is 0 Å². The molecule has 3 aromatic rings. The summed E-state index contributed by atoms with van der Waals surface area (Å²) in [6.07, 6.45) is 0.899. The molecule has 0 saturated heterocycles. The molecule has 144 valence electrons. The van der Waals surface area contributed by atoms with Gasteiger partial charge in [-0.2, -0.15) is 0 Å². The first-order valence-electron chi connectivity index (χ1n) is 8.93. The van der Waals surface area contributed by atoms with Crippen LogP contribution in [0.25, 0.3) is 11.3 Å². The Labute approximate surface area is 174 Å². The van der Waals surface area contributed by atoms with Gasteiger partial charge in [0.15, 0.2) is 0 Å². The number of hydrogen-bond acceptors (Lipinski definition) is 3. The van der Waals surface area contributed by atoms with E-state index in [1.807, 2.05) is 19.1 Å². The molecule has 1 saturated carbocycles. The summed E-state index contributed by atoms with van der Waals surface area (Å²) in [7, 11) is 0. The summed E-state index contributed by atoms with van der Waals surface area (Å²) >= 11 is 4.52. The van der Waals surface area contributed by atoms with Crippen LogP contribution < -0.4 is 10.2 Å². The lowest BCUT2D eigenvalue weighted by molar-refractivity contribution is -0.121. The van der Waals surface area contributed by atoms with E-state index in [0.29, 0.717) is 11.6 Å². The number of amides is 1. The third-order valence-corrected chi connectivity index (χ3v) is 6.34. The van der Waals surface area contributed by atoms with Gasteiger partial charge in [-0.05, 0) is 60.9 Å². The lowest BCUT2D eigenvalue weighted by Crippen LogP contribution is -2.33. The van der Waals surface area contributed by atoms with Crippen molar-refractivity contribution in [1.29, 1.82) is 0 Å². The van der Waals surface area contributed by atoms with Crippen LogP contribution in [0, 0.1) is 12.7 Å². The molecule has 1 amide bonds. The van der Waals surface area contributed by atoms with Crippen molar-refractivity contribution in [2.75, 3.05) is 0 Å². The smallest absolute Gasteiger partial charge is 0.308 e. The standard InChI is InChI=1S/C21H18BrFN2O2S/c1-12-20(14-4-8-16(23)9-5-14)25(21(27)28-12)11-19(26)24-18-10-17(18)13-2-6-15(22)7-3-13/h2-9,17-18H,10-11H2,1H3,(H,24,26)/t17-,18+/m0/s1. The van der Waals surface area contributed by atoms with Crippen LogP contribution in [0.1, 0.15) is 22.8 Å². The van der Waals surface area contributed by atoms with Crippen molar-refractivity contribution in [3.05, 3.63) is 78.9 Å². The van der Waals surface area contributed by atoms with Crippen LogP contribution in [0.2, 0.25) is 0 Å². The van der Waals surface area contributed by atoms with Crippen molar-refractivity contribution in [2.24, 2.45) is 0 Å². The highest BCUT2D eigenvalue weighted by Crippen LogP contribution is 2.41. The molecule has 0 spiro atoms. The van der Waals surface area contributed by atoms with Gasteiger partial charge < -0.3 is 5.32 Å². The fourth-order valence-corrected chi connectivity index (χ4v) is 4.57. The number of nitrogens with one attached hydrogen (secondary N) is 1. The third kappa shape index (κ3) is 3.95. The van der Waals surface area contributed by atoms with Gasteiger partial charge in [0.05, 0.1) is 5.69 Å². The average Bonchev–Trinajstić information content (AvgIpc) is 3.35. The van der Waals surface area contributed by atoms with Gasteiger partial charge in [-0.3, -0.25) is 14.2 Å². The molecule has 4 rings (SSSR count). The molecule has 1 N–H and O–H groups in total. The largest absolute Gasteiger partial charge is 0.351 e. The summed E-state index contributed by atoms with van der Waals surface area (Å²) in [4.78, 5) is 25.6. The Hall–Kier alpha value is -2.25. The van der Waals surface area contributed by atoms with Crippen molar-refractivity contribution in [3.8, 4) is 11.3 Å². The summed E-state index contributed by atoms with van der Waals surface area (Å²) in [5, 5.41) is 3.02. The van der Waals surface area contributed by atoms with Gasteiger partial charge in [0.2, 0.25) is 5.91 Å². The molecule has 0 aliphatic heterocycles. The Balaban J connectivity index is 1.47. The molecular formula is C21H18BrFN2O2S. The zero-order chi connectivity index (χ0) is 19.8.